The highest BCUT2D eigenvalue weighted by Crippen LogP contribution is 2.23. The third kappa shape index (κ3) is 2.66. The molecule has 0 unspecified atom stereocenters. The van der Waals surface area contributed by atoms with E-state index < -0.39 is 20.6 Å². The number of sulfone groups is 1. The molecule has 0 radical (unpaired) electrons. The average Bonchev–Trinajstić information content (AvgIpc) is 2.20. The molecule has 0 saturated carbocycles. The van der Waals surface area contributed by atoms with Crippen molar-refractivity contribution in [1.82, 2.24) is 0 Å². The molecular formula is C12H16O4S. The Morgan fingerprint density at radius 1 is 1.29 bits per heavy atom. The molecule has 94 valence electrons. The standard InChI is InChI=1S/C12H16O4S/c1-9-6-4-5-7-10(9)8-17(15,16)12(2,3)11(13)14/h4-7H,8H2,1-3H3,(H,13,14). The van der Waals surface area contributed by atoms with E-state index in [1.807, 2.05) is 6.07 Å². The lowest BCUT2D eigenvalue weighted by Gasteiger charge is -2.20. The number of benzene rings is 1. The number of carboxylic acid groups (broad SMARTS) is 1. The van der Waals surface area contributed by atoms with Crippen molar-refractivity contribution in [2.24, 2.45) is 0 Å². The summed E-state index contributed by atoms with van der Waals surface area (Å²) in [5.74, 6) is -1.58. The highest BCUT2D eigenvalue weighted by Gasteiger charge is 2.41. The fourth-order valence-corrected chi connectivity index (χ4v) is 2.65. The van der Waals surface area contributed by atoms with Gasteiger partial charge >= 0.3 is 5.97 Å². The Labute approximate surface area is 101 Å². The molecule has 0 amide bonds. The summed E-state index contributed by atoms with van der Waals surface area (Å²) in [5.41, 5.74) is 1.49. The molecule has 4 nitrogen and oxygen atoms in total. The van der Waals surface area contributed by atoms with Gasteiger partial charge in [-0.15, -0.1) is 0 Å². The lowest BCUT2D eigenvalue weighted by Crippen LogP contribution is -2.41. The maximum Gasteiger partial charge on any atom is 0.324 e. The van der Waals surface area contributed by atoms with Crippen molar-refractivity contribution >= 4 is 15.8 Å². The van der Waals surface area contributed by atoms with Crippen molar-refractivity contribution in [3.8, 4) is 0 Å². The van der Waals surface area contributed by atoms with Gasteiger partial charge < -0.3 is 5.11 Å². The van der Waals surface area contributed by atoms with Gasteiger partial charge in [-0.1, -0.05) is 24.3 Å². The van der Waals surface area contributed by atoms with Crippen molar-refractivity contribution in [3.05, 3.63) is 35.4 Å². The minimum atomic E-state index is -3.73. The fourth-order valence-electron chi connectivity index (χ4n) is 1.29. The summed E-state index contributed by atoms with van der Waals surface area (Å²) in [7, 11) is -3.73. The first kappa shape index (κ1) is 13.7. The molecule has 0 bridgehead atoms. The number of aryl methyl sites for hydroxylation is 1. The number of carbonyl (C=O) groups is 1. The van der Waals surface area contributed by atoms with Crippen molar-refractivity contribution in [3.63, 3.8) is 0 Å². The zero-order chi connectivity index (χ0) is 13.3. The van der Waals surface area contributed by atoms with Crippen LogP contribution in [0.5, 0.6) is 0 Å². The van der Waals surface area contributed by atoms with Crippen LogP contribution in [0.4, 0.5) is 0 Å². The first-order valence-corrected chi connectivity index (χ1v) is 6.84. The van der Waals surface area contributed by atoms with Crippen LogP contribution in [0.3, 0.4) is 0 Å². The van der Waals surface area contributed by atoms with Crippen LogP contribution in [0.15, 0.2) is 24.3 Å². The molecule has 0 heterocycles. The maximum absolute atomic E-state index is 12.0. The summed E-state index contributed by atoms with van der Waals surface area (Å²) in [6, 6.07) is 7.06. The second-order valence-corrected chi connectivity index (χ2v) is 7.04. The molecule has 5 heteroatoms. The summed E-state index contributed by atoms with van der Waals surface area (Å²) in [5, 5.41) is 8.95. The summed E-state index contributed by atoms with van der Waals surface area (Å²) in [6.45, 7) is 4.23. The Balaban J connectivity index is 3.12. The van der Waals surface area contributed by atoms with E-state index >= 15 is 0 Å². The van der Waals surface area contributed by atoms with Crippen LogP contribution in [0, 0.1) is 6.92 Å². The van der Waals surface area contributed by atoms with Crippen molar-refractivity contribution in [2.75, 3.05) is 0 Å². The van der Waals surface area contributed by atoms with E-state index in [9.17, 15) is 13.2 Å². The molecule has 17 heavy (non-hydrogen) atoms. The molecule has 0 aliphatic heterocycles. The predicted molar refractivity (Wildman–Crippen MR) is 65.5 cm³/mol. The minimum Gasteiger partial charge on any atom is -0.480 e. The Bertz CT molecular complexity index is 529. The molecule has 1 rings (SSSR count). The van der Waals surface area contributed by atoms with E-state index in [1.165, 1.54) is 13.8 Å². The molecule has 1 aromatic rings. The number of carboxylic acids is 1. The van der Waals surface area contributed by atoms with Crippen LogP contribution in [0.1, 0.15) is 25.0 Å². The second-order valence-electron chi connectivity index (χ2n) is 4.50. The summed E-state index contributed by atoms with van der Waals surface area (Å²) >= 11 is 0. The molecular weight excluding hydrogens is 240 g/mol. The molecule has 0 fully saturated rings. The predicted octanol–water partition coefficient (Wildman–Crippen LogP) is 1.77. The second kappa shape index (κ2) is 4.49. The lowest BCUT2D eigenvalue weighted by molar-refractivity contribution is -0.139. The van der Waals surface area contributed by atoms with Crippen LogP contribution in [0.25, 0.3) is 0 Å². The summed E-state index contributed by atoms with van der Waals surface area (Å²) in [6.07, 6.45) is 0. The lowest BCUT2D eigenvalue weighted by atomic mass is 10.1. The van der Waals surface area contributed by atoms with Gasteiger partial charge in [-0.05, 0) is 31.9 Å². The highest BCUT2D eigenvalue weighted by atomic mass is 32.2. The first-order chi connectivity index (χ1) is 7.68. The molecule has 0 spiro atoms. The molecule has 0 aliphatic carbocycles. The van der Waals surface area contributed by atoms with Gasteiger partial charge in [0.1, 0.15) is 0 Å². The van der Waals surface area contributed by atoms with Gasteiger partial charge in [0.25, 0.3) is 0 Å². The largest absolute Gasteiger partial charge is 0.480 e. The maximum atomic E-state index is 12.0. The van der Waals surface area contributed by atoms with Crippen LogP contribution >= 0.6 is 0 Å². The Morgan fingerprint density at radius 2 is 1.82 bits per heavy atom. The van der Waals surface area contributed by atoms with Crippen LogP contribution in [-0.2, 0) is 20.4 Å². The van der Waals surface area contributed by atoms with E-state index in [0.29, 0.717) is 5.56 Å². The van der Waals surface area contributed by atoms with Crippen molar-refractivity contribution < 1.29 is 18.3 Å². The van der Waals surface area contributed by atoms with E-state index in [4.69, 9.17) is 5.11 Å². The topological polar surface area (TPSA) is 71.4 Å². The summed E-state index contributed by atoms with van der Waals surface area (Å²) in [4.78, 5) is 11.0. The molecule has 1 aromatic carbocycles. The zero-order valence-electron chi connectivity index (χ0n) is 10.1. The number of hydrogen-bond donors (Lipinski definition) is 1. The quantitative estimate of drug-likeness (QED) is 0.891. The van der Waals surface area contributed by atoms with Gasteiger partial charge in [0.15, 0.2) is 14.6 Å². The molecule has 0 aromatic heterocycles. The van der Waals surface area contributed by atoms with Gasteiger partial charge in [-0.3, -0.25) is 4.79 Å². The van der Waals surface area contributed by atoms with E-state index in [0.717, 1.165) is 5.56 Å². The van der Waals surface area contributed by atoms with Gasteiger partial charge in [0, 0.05) is 0 Å². The molecule has 1 N–H and O–H groups in total. The van der Waals surface area contributed by atoms with E-state index in [-0.39, 0.29) is 5.75 Å². The zero-order valence-corrected chi connectivity index (χ0v) is 10.9. The van der Waals surface area contributed by atoms with Gasteiger partial charge in [0.05, 0.1) is 5.75 Å². The van der Waals surface area contributed by atoms with Gasteiger partial charge in [-0.2, -0.15) is 0 Å². The Hall–Kier alpha value is -1.36. The monoisotopic (exact) mass is 256 g/mol. The normalized spacial score (nSPS) is 12.4. The van der Waals surface area contributed by atoms with Crippen molar-refractivity contribution in [1.29, 1.82) is 0 Å². The Morgan fingerprint density at radius 3 is 2.29 bits per heavy atom. The summed E-state index contributed by atoms with van der Waals surface area (Å²) < 4.78 is 22.3. The highest BCUT2D eigenvalue weighted by molar-refractivity contribution is 7.92. The van der Waals surface area contributed by atoms with Gasteiger partial charge in [-0.25, -0.2) is 8.42 Å². The fraction of sp³-hybridized carbons (Fsp3) is 0.417. The van der Waals surface area contributed by atoms with Crippen LogP contribution < -0.4 is 0 Å². The average molecular weight is 256 g/mol. The number of rotatable bonds is 4. The molecule has 0 aliphatic rings. The van der Waals surface area contributed by atoms with Gasteiger partial charge in [0.2, 0.25) is 0 Å². The SMILES string of the molecule is Cc1ccccc1CS(=O)(=O)C(C)(C)C(=O)O. The van der Waals surface area contributed by atoms with Crippen LogP contribution in [0.2, 0.25) is 0 Å². The first-order valence-electron chi connectivity index (χ1n) is 5.18. The number of hydrogen-bond acceptors (Lipinski definition) is 3. The molecule has 0 atom stereocenters. The van der Waals surface area contributed by atoms with Crippen LogP contribution in [-0.4, -0.2) is 24.2 Å². The minimum absolute atomic E-state index is 0.251. The smallest absolute Gasteiger partial charge is 0.324 e. The number of aliphatic carboxylic acids is 1. The van der Waals surface area contributed by atoms with Crippen molar-refractivity contribution in [2.45, 2.75) is 31.3 Å². The third-order valence-electron chi connectivity index (χ3n) is 2.90. The molecule has 0 saturated heterocycles. The Kier molecular flexibility index (Phi) is 3.62. The van der Waals surface area contributed by atoms with E-state index in [1.54, 1.807) is 25.1 Å². The van der Waals surface area contributed by atoms with E-state index in [2.05, 4.69) is 0 Å². The third-order valence-corrected chi connectivity index (χ3v) is 5.32.